The highest BCUT2D eigenvalue weighted by Gasteiger charge is 2.26. The van der Waals surface area contributed by atoms with Crippen LogP contribution in [0.5, 0.6) is 0 Å². The first-order valence-corrected chi connectivity index (χ1v) is 8.30. The van der Waals surface area contributed by atoms with E-state index in [2.05, 4.69) is 9.88 Å². The van der Waals surface area contributed by atoms with Crippen molar-refractivity contribution in [3.8, 4) is 0 Å². The number of pyridine rings is 1. The molecule has 2 aromatic heterocycles. The summed E-state index contributed by atoms with van der Waals surface area (Å²) < 4.78 is 1.83. The number of fused-ring (bicyclic) bond motifs is 1. The number of halogens is 1. The highest BCUT2D eigenvalue weighted by Crippen LogP contribution is 2.19. The zero-order chi connectivity index (χ0) is 16.4. The van der Waals surface area contributed by atoms with Gasteiger partial charge in [0.15, 0.2) is 0 Å². The number of nitrogens with zero attached hydrogens (tertiary/aromatic N) is 4. The van der Waals surface area contributed by atoms with E-state index >= 15 is 0 Å². The molecule has 1 aliphatic heterocycles. The predicted molar refractivity (Wildman–Crippen MR) is 89.0 cm³/mol. The Balaban J connectivity index is 1.86. The molecule has 1 amide bonds. The maximum absolute atomic E-state index is 13.0. The zero-order valence-corrected chi connectivity index (χ0v) is 14.0. The van der Waals surface area contributed by atoms with Gasteiger partial charge in [0.1, 0.15) is 11.3 Å². The molecule has 1 saturated heterocycles. The second-order valence-corrected chi connectivity index (χ2v) is 6.13. The number of β-amino-alcohol motifs (C(OH)–C–C–N with tert-alkyl or cyclic N) is 1. The van der Waals surface area contributed by atoms with Crippen LogP contribution in [0.3, 0.4) is 0 Å². The van der Waals surface area contributed by atoms with Crippen molar-refractivity contribution in [2.75, 3.05) is 39.3 Å². The van der Waals surface area contributed by atoms with Crippen molar-refractivity contribution in [1.29, 1.82) is 0 Å². The third-order valence-electron chi connectivity index (χ3n) is 4.27. The molecule has 0 saturated carbocycles. The van der Waals surface area contributed by atoms with E-state index in [0.29, 0.717) is 42.4 Å². The van der Waals surface area contributed by atoms with Gasteiger partial charge in [0.05, 0.1) is 12.3 Å². The van der Waals surface area contributed by atoms with Crippen LogP contribution in [0, 0.1) is 0 Å². The van der Waals surface area contributed by atoms with Gasteiger partial charge in [-0.05, 0) is 12.5 Å². The fraction of sp³-hybridized carbons (Fsp3) is 0.500. The van der Waals surface area contributed by atoms with Crippen molar-refractivity contribution in [3.05, 3.63) is 34.7 Å². The zero-order valence-electron chi connectivity index (χ0n) is 13.2. The van der Waals surface area contributed by atoms with Crippen LogP contribution in [-0.4, -0.2) is 69.5 Å². The molecule has 6 nitrogen and oxygen atoms in total. The summed E-state index contributed by atoms with van der Waals surface area (Å²) in [4.78, 5) is 21.5. The van der Waals surface area contributed by atoms with Crippen LogP contribution in [0.4, 0.5) is 0 Å². The number of piperazine rings is 1. The minimum Gasteiger partial charge on any atom is -0.395 e. The van der Waals surface area contributed by atoms with Gasteiger partial charge < -0.3 is 10.0 Å². The average Bonchev–Trinajstić information content (AvgIpc) is 2.92. The number of aryl methyl sites for hydroxylation is 1. The molecule has 0 spiro atoms. The smallest absolute Gasteiger partial charge is 0.272 e. The SMILES string of the molecule is CCc1nc2cc(Cl)ccn2c1C(=O)N1CCN(CCO)CC1. The van der Waals surface area contributed by atoms with Crippen molar-refractivity contribution in [3.63, 3.8) is 0 Å². The Kier molecular flexibility index (Phi) is 4.84. The topological polar surface area (TPSA) is 61.1 Å². The Morgan fingerprint density at radius 3 is 2.74 bits per heavy atom. The van der Waals surface area contributed by atoms with E-state index in [9.17, 15) is 4.79 Å². The molecule has 1 aliphatic rings. The summed E-state index contributed by atoms with van der Waals surface area (Å²) in [5.41, 5.74) is 2.14. The van der Waals surface area contributed by atoms with Gasteiger partial charge in [0, 0.05) is 50.0 Å². The Bertz CT molecular complexity index is 707. The Hall–Kier alpha value is -1.63. The number of aliphatic hydroxyl groups excluding tert-OH is 1. The third kappa shape index (κ3) is 3.20. The summed E-state index contributed by atoms with van der Waals surface area (Å²) in [6, 6.07) is 3.54. The van der Waals surface area contributed by atoms with Gasteiger partial charge in [-0.25, -0.2) is 4.98 Å². The molecule has 0 radical (unpaired) electrons. The van der Waals surface area contributed by atoms with Crippen LogP contribution in [0.15, 0.2) is 18.3 Å². The van der Waals surface area contributed by atoms with Gasteiger partial charge in [0.25, 0.3) is 5.91 Å². The maximum Gasteiger partial charge on any atom is 0.272 e. The Morgan fingerprint density at radius 2 is 2.09 bits per heavy atom. The van der Waals surface area contributed by atoms with Gasteiger partial charge >= 0.3 is 0 Å². The number of amides is 1. The third-order valence-corrected chi connectivity index (χ3v) is 4.51. The van der Waals surface area contributed by atoms with Crippen molar-refractivity contribution < 1.29 is 9.90 Å². The van der Waals surface area contributed by atoms with Crippen LogP contribution in [0.2, 0.25) is 5.02 Å². The number of rotatable bonds is 4. The van der Waals surface area contributed by atoms with E-state index in [-0.39, 0.29) is 12.5 Å². The van der Waals surface area contributed by atoms with E-state index in [1.54, 1.807) is 18.3 Å². The lowest BCUT2D eigenvalue weighted by atomic mass is 10.2. The first-order chi connectivity index (χ1) is 11.1. The first kappa shape index (κ1) is 16.2. The molecule has 0 aliphatic carbocycles. The molecule has 124 valence electrons. The number of carbonyl (C=O) groups is 1. The molecule has 0 bridgehead atoms. The fourth-order valence-corrected chi connectivity index (χ4v) is 3.16. The number of imidazole rings is 1. The summed E-state index contributed by atoms with van der Waals surface area (Å²) >= 11 is 6.02. The molecular weight excluding hydrogens is 316 g/mol. The van der Waals surface area contributed by atoms with E-state index in [0.717, 1.165) is 18.8 Å². The molecule has 23 heavy (non-hydrogen) atoms. The summed E-state index contributed by atoms with van der Waals surface area (Å²) in [5.74, 6) is 0.0142. The van der Waals surface area contributed by atoms with Crippen molar-refractivity contribution in [2.45, 2.75) is 13.3 Å². The van der Waals surface area contributed by atoms with E-state index in [4.69, 9.17) is 16.7 Å². The monoisotopic (exact) mass is 336 g/mol. The second kappa shape index (κ2) is 6.86. The van der Waals surface area contributed by atoms with Gasteiger partial charge in [-0.3, -0.25) is 14.1 Å². The summed E-state index contributed by atoms with van der Waals surface area (Å²) in [6.45, 7) is 5.73. The summed E-state index contributed by atoms with van der Waals surface area (Å²) in [6.07, 6.45) is 2.50. The molecule has 0 aromatic carbocycles. The van der Waals surface area contributed by atoms with Crippen LogP contribution < -0.4 is 0 Å². The standard InChI is InChI=1S/C16H21ClN4O2/c1-2-13-15(21-4-3-12(17)11-14(21)18-13)16(23)20-7-5-19(6-8-20)9-10-22/h3-4,11,22H,2,5-10H2,1H3. The van der Waals surface area contributed by atoms with Crippen LogP contribution in [0.1, 0.15) is 23.1 Å². The van der Waals surface area contributed by atoms with Crippen molar-refractivity contribution in [2.24, 2.45) is 0 Å². The van der Waals surface area contributed by atoms with Crippen LogP contribution in [0.25, 0.3) is 5.65 Å². The maximum atomic E-state index is 13.0. The quantitative estimate of drug-likeness (QED) is 0.914. The van der Waals surface area contributed by atoms with Crippen LogP contribution in [-0.2, 0) is 6.42 Å². The Morgan fingerprint density at radius 1 is 1.35 bits per heavy atom. The number of hydrogen-bond donors (Lipinski definition) is 1. The van der Waals surface area contributed by atoms with E-state index in [1.807, 2.05) is 16.2 Å². The van der Waals surface area contributed by atoms with E-state index < -0.39 is 0 Å². The lowest BCUT2D eigenvalue weighted by Gasteiger charge is -2.34. The Labute approximate surface area is 140 Å². The predicted octanol–water partition coefficient (Wildman–Crippen LogP) is 1.30. The molecule has 7 heteroatoms. The van der Waals surface area contributed by atoms with Gasteiger partial charge in [-0.2, -0.15) is 0 Å². The lowest BCUT2D eigenvalue weighted by molar-refractivity contribution is 0.0607. The fourth-order valence-electron chi connectivity index (χ4n) is 3.01. The number of aliphatic hydroxyl groups is 1. The van der Waals surface area contributed by atoms with E-state index in [1.165, 1.54) is 0 Å². The molecule has 0 unspecified atom stereocenters. The minimum atomic E-state index is 0.0142. The average molecular weight is 337 g/mol. The largest absolute Gasteiger partial charge is 0.395 e. The summed E-state index contributed by atoms with van der Waals surface area (Å²) in [5, 5.41) is 9.62. The number of carbonyl (C=O) groups excluding carboxylic acids is 1. The molecule has 2 aromatic rings. The van der Waals surface area contributed by atoms with Crippen LogP contribution >= 0.6 is 11.6 Å². The molecular formula is C16H21ClN4O2. The van der Waals surface area contributed by atoms with Gasteiger partial charge in [0.2, 0.25) is 0 Å². The molecule has 3 rings (SSSR count). The first-order valence-electron chi connectivity index (χ1n) is 7.93. The highest BCUT2D eigenvalue weighted by atomic mass is 35.5. The van der Waals surface area contributed by atoms with Crippen molar-refractivity contribution >= 4 is 23.2 Å². The molecule has 1 fully saturated rings. The molecule has 3 heterocycles. The minimum absolute atomic E-state index is 0.0142. The van der Waals surface area contributed by atoms with Gasteiger partial charge in [-0.1, -0.05) is 18.5 Å². The number of aromatic nitrogens is 2. The normalized spacial score (nSPS) is 16.2. The highest BCUT2D eigenvalue weighted by molar-refractivity contribution is 6.30. The summed E-state index contributed by atoms with van der Waals surface area (Å²) in [7, 11) is 0. The van der Waals surface area contributed by atoms with Crippen molar-refractivity contribution in [1.82, 2.24) is 19.2 Å². The van der Waals surface area contributed by atoms with Gasteiger partial charge in [-0.15, -0.1) is 0 Å². The number of hydrogen-bond acceptors (Lipinski definition) is 4. The molecule has 1 N–H and O–H groups in total. The second-order valence-electron chi connectivity index (χ2n) is 5.69. The molecule has 0 atom stereocenters. The lowest BCUT2D eigenvalue weighted by Crippen LogP contribution is -2.49.